The molecule has 0 saturated heterocycles. The molecule has 0 nitrogen and oxygen atoms in total. The number of halogens is 1. The Balaban J connectivity index is 3.52. The summed E-state index contributed by atoms with van der Waals surface area (Å²) in [5.41, 5.74) is 0. The average molecular weight is 217 g/mol. The van der Waals surface area contributed by atoms with Crippen molar-refractivity contribution in [2.24, 2.45) is 0 Å². The molecular weight excluding hydrogens is 196 g/mol. The van der Waals surface area contributed by atoms with Gasteiger partial charge in [0.15, 0.2) is 7.38 Å². The Labute approximate surface area is 88.4 Å². The topological polar surface area (TPSA) is 0 Å². The van der Waals surface area contributed by atoms with Crippen LogP contribution >= 0.6 is 11.1 Å². The standard InChI is InChI=1S/C11H21ClSi/c1-4-6-8-10-13(3,12)11-9-7-5-2/h4-5H,1-2,6-11H2,3H3. The quantitative estimate of drug-likeness (QED) is 0.238. The molecule has 2 heteroatoms. The first kappa shape index (κ1) is 13.0. The molecule has 0 N–H and O–H groups in total. The lowest BCUT2D eigenvalue weighted by atomic mass is 10.3. The van der Waals surface area contributed by atoms with Gasteiger partial charge in [-0.2, -0.15) is 11.1 Å². The van der Waals surface area contributed by atoms with Crippen LogP contribution in [0.1, 0.15) is 25.7 Å². The normalized spacial score (nSPS) is 11.2. The highest BCUT2D eigenvalue weighted by atomic mass is 35.6. The zero-order valence-corrected chi connectivity index (χ0v) is 10.4. The number of hydrogen-bond donors (Lipinski definition) is 0. The van der Waals surface area contributed by atoms with Crippen molar-refractivity contribution in [2.75, 3.05) is 0 Å². The van der Waals surface area contributed by atoms with Crippen LogP contribution in [0.15, 0.2) is 25.3 Å². The zero-order chi connectivity index (χ0) is 10.2. The lowest BCUT2D eigenvalue weighted by Gasteiger charge is -2.18. The molecule has 76 valence electrons. The number of allylic oxidation sites excluding steroid dienone is 2. The van der Waals surface area contributed by atoms with Crippen molar-refractivity contribution in [3.05, 3.63) is 25.3 Å². The van der Waals surface area contributed by atoms with Crippen molar-refractivity contribution in [1.29, 1.82) is 0 Å². The molecular formula is C11H21ClSi. The largest absolute Gasteiger partial charge is 0.167 e. The van der Waals surface area contributed by atoms with Crippen LogP contribution in [-0.2, 0) is 0 Å². The maximum atomic E-state index is 6.48. The van der Waals surface area contributed by atoms with Crippen molar-refractivity contribution in [3.8, 4) is 0 Å². The number of unbranched alkanes of at least 4 members (excludes halogenated alkanes) is 2. The van der Waals surface area contributed by atoms with Gasteiger partial charge in [0.2, 0.25) is 0 Å². The van der Waals surface area contributed by atoms with Gasteiger partial charge in [-0.15, -0.1) is 13.2 Å². The number of rotatable bonds is 8. The van der Waals surface area contributed by atoms with E-state index in [4.69, 9.17) is 11.1 Å². The monoisotopic (exact) mass is 216 g/mol. The first-order chi connectivity index (χ1) is 6.12. The third kappa shape index (κ3) is 8.32. The van der Waals surface area contributed by atoms with Gasteiger partial charge in [-0.1, -0.05) is 31.5 Å². The number of hydrogen-bond acceptors (Lipinski definition) is 0. The van der Waals surface area contributed by atoms with Gasteiger partial charge >= 0.3 is 0 Å². The molecule has 0 aromatic rings. The van der Waals surface area contributed by atoms with E-state index in [9.17, 15) is 0 Å². The molecule has 0 heterocycles. The van der Waals surface area contributed by atoms with Gasteiger partial charge in [0.1, 0.15) is 0 Å². The van der Waals surface area contributed by atoms with Crippen molar-refractivity contribution < 1.29 is 0 Å². The minimum absolute atomic E-state index is 1.11. The lowest BCUT2D eigenvalue weighted by molar-refractivity contribution is 0.899. The second kappa shape index (κ2) is 7.40. The Morgan fingerprint density at radius 3 is 1.77 bits per heavy atom. The van der Waals surface area contributed by atoms with E-state index < -0.39 is 7.38 Å². The molecule has 0 aromatic heterocycles. The summed E-state index contributed by atoms with van der Waals surface area (Å²) in [5.74, 6) is 0. The van der Waals surface area contributed by atoms with Crippen molar-refractivity contribution in [2.45, 2.75) is 44.3 Å². The van der Waals surface area contributed by atoms with E-state index in [-0.39, 0.29) is 0 Å². The molecule has 0 atom stereocenters. The van der Waals surface area contributed by atoms with Gasteiger partial charge in [-0.3, -0.25) is 0 Å². The fraction of sp³-hybridized carbons (Fsp3) is 0.636. The highest BCUT2D eigenvalue weighted by molar-refractivity contribution is 7.19. The first-order valence-electron chi connectivity index (χ1n) is 5.03. The predicted molar refractivity (Wildman–Crippen MR) is 65.9 cm³/mol. The molecule has 0 bridgehead atoms. The fourth-order valence-corrected chi connectivity index (χ4v) is 4.29. The molecule has 0 unspecified atom stereocenters. The Kier molecular flexibility index (Phi) is 7.39. The molecule has 0 rings (SSSR count). The third-order valence-electron chi connectivity index (χ3n) is 2.21. The van der Waals surface area contributed by atoms with Gasteiger partial charge in [0, 0.05) is 0 Å². The summed E-state index contributed by atoms with van der Waals surface area (Å²) in [7, 11) is -1.40. The van der Waals surface area contributed by atoms with Crippen LogP contribution in [0.2, 0.25) is 18.6 Å². The summed E-state index contributed by atoms with van der Waals surface area (Å²) in [6.07, 6.45) is 8.59. The van der Waals surface area contributed by atoms with Crippen LogP contribution in [0.3, 0.4) is 0 Å². The Bertz CT molecular complexity index is 136. The molecule has 0 aromatic carbocycles. The van der Waals surface area contributed by atoms with E-state index in [0.717, 1.165) is 12.8 Å². The van der Waals surface area contributed by atoms with Gasteiger partial charge in [0.25, 0.3) is 0 Å². The molecule has 0 aliphatic rings. The highest BCUT2D eigenvalue weighted by Gasteiger charge is 2.22. The molecule has 0 aliphatic carbocycles. The summed E-state index contributed by atoms with van der Waals surface area (Å²) in [4.78, 5) is 0. The molecule has 0 amide bonds. The van der Waals surface area contributed by atoms with Crippen LogP contribution in [0.5, 0.6) is 0 Å². The maximum absolute atomic E-state index is 6.48. The van der Waals surface area contributed by atoms with Gasteiger partial charge in [-0.05, 0) is 24.9 Å². The van der Waals surface area contributed by atoms with Crippen LogP contribution in [0, 0.1) is 0 Å². The van der Waals surface area contributed by atoms with Crippen molar-refractivity contribution in [1.82, 2.24) is 0 Å². The Morgan fingerprint density at radius 2 is 1.46 bits per heavy atom. The minimum Gasteiger partial charge on any atom is -0.167 e. The van der Waals surface area contributed by atoms with E-state index >= 15 is 0 Å². The van der Waals surface area contributed by atoms with E-state index in [1.165, 1.54) is 24.9 Å². The SMILES string of the molecule is C=CCCC[Si](C)(Cl)CCCC=C. The molecule has 0 aliphatic heterocycles. The van der Waals surface area contributed by atoms with Gasteiger partial charge in [0.05, 0.1) is 0 Å². The second-order valence-electron chi connectivity index (χ2n) is 3.78. The summed E-state index contributed by atoms with van der Waals surface area (Å²) < 4.78 is 0. The van der Waals surface area contributed by atoms with Crippen molar-refractivity contribution >= 4 is 18.5 Å². The Morgan fingerprint density at radius 1 is 1.08 bits per heavy atom. The fourth-order valence-electron chi connectivity index (χ4n) is 1.35. The summed E-state index contributed by atoms with van der Waals surface area (Å²) in [6, 6.07) is 2.44. The molecule has 13 heavy (non-hydrogen) atoms. The van der Waals surface area contributed by atoms with E-state index in [2.05, 4.69) is 19.7 Å². The maximum Gasteiger partial charge on any atom is 0.153 e. The van der Waals surface area contributed by atoms with E-state index in [1.807, 2.05) is 12.2 Å². The zero-order valence-electron chi connectivity index (χ0n) is 8.69. The second-order valence-corrected chi connectivity index (χ2v) is 10.3. The van der Waals surface area contributed by atoms with Gasteiger partial charge in [-0.25, -0.2) is 0 Å². The minimum atomic E-state index is -1.40. The molecule has 0 radical (unpaired) electrons. The molecule has 0 saturated carbocycles. The Hall–Kier alpha value is -0.0131. The smallest absolute Gasteiger partial charge is 0.153 e. The van der Waals surface area contributed by atoms with Crippen LogP contribution in [-0.4, -0.2) is 7.38 Å². The lowest BCUT2D eigenvalue weighted by Crippen LogP contribution is -2.21. The van der Waals surface area contributed by atoms with Crippen LogP contribution < -0.4 is 0 Å². The van der Waals surface area contributed by atoms with Gasteiger partial charge < -0.3 is 0 Å². The summed E-state index contributed by atoms with van der Waals surface area (Å²) in [5, 5.41) is 0. The first-order valence-corrected chi connectivity index (χ1v) is 8.96. The molecule has 0 fully saturated rings. The van der Waals surface area contributed by atoms with E-state index in [0.29, 0.717) is 0 Å². The third-order valence-corrected chi connectivity index (χ3v) is 6.14. The highest BCUT2D eigenvalue weighted by Crippen LogP contribution is 2.25. The predicted octanol–water partition coefficient (Wildman–Crippen LogP) is 4.73. The van der Waals surface area contributed by atoms with Crippen LogP contribution in [0.4, 0.5) is 0 Å². The summed E-state index contributed by atoms with van der Waals surface area (Å²) in [6.45, 7) is 9.69. The average Bonchev–Trinajstić information content (AvgIpc) is 2.05. The van der Waals surface area contributed by atoms with E-state index in [1.54, 1.807) is 0 Å². The molecule has 0 spiro atoms. The van der Waals surface area contributed by atoms with Crippen molar-refractivity contribution in [3.63, 3.8) is 0 Å². The van der Waals surface area contributed by atoms with Crippen LogP contribution in [0.25, 0.3) is 0 Å². The summed E-state index contributed by atoms with van der Waals surface area (Å²) >= 11 is 6.48.